The molecule has 0 aromatic heterocycles. The Bertz CT molecular complexity index is 533. The molecule has 1 heterocycles. The second kappa shape index (κ2) is 5.88. The van der Waals surface area contributed by atoms with Gasteiger partial charge in [-0.25, -0.2) is 5.01 Å². The number of hydrogen-bond acceptors (Lipinski definition) is 3. The van der Waals surface area contributed by atoms with Crippen LogP contribution in [0.15, 0.2) is 35.4 Å². The molecule has 1 aliphatic carbocycles. The van der Waals surface area contributed by atoms with Crippen LogP contribution in [0.4, 0.5) is 0 Å². The smallest absolute Gasteiger partial charge is 0.258 e. The molecular formula is C17H22N2O2. The zero-order valence-corrected chi connectivity index (χ0v) is 12.5. The third-order valence-electron chi connectivity index (χ3n) is 4.34. The molecule has 0 atom stereocenters. The molecule has 0 unspecified atom stereocenters. The number of hydrazone groups is 1. The monoisotopic (exact) mass is 286 g/mol. The molecule has 1 amide bonds. The Hall–Kier alpha value is -1.84. The molecule has 0 radical (unpaired) electrons. The van der Waals surface area contributed by atoms with Crippen LogP contribution in [0.2, 0.25) is 0 Å². The van der Waals surface area contributed by atoms with E-state index in [-0.39, 0.29) is 5.91 Å². The average Bonchev–Trinajstić information content (AvgIpc) is 3.09. The lowest BCUT2D eigenvalue weighted by Gasteiger charge is -2.23. The van der Waals surface area contributed by atoms with Gasteiger partial charge in [0.25, 0.3) is 5.91 Å². The molecule has 1 spiro atoms. The second-order valence-corrected chi connectivity index (χ2v) is 5.89. The highest BCUT2D eigenvalue weighted by molar-refractivity contribution is 6.09. The Morgan fingerprint density at radius 1 is 1.24 bits per heavy atom. The highest BCUT2D eigenvalue weighted by Crippen LogP contribution is 2.45. The summed E-state index contributed by atoms with van der Waals surface area (Å²) in [7, 11) is 0. The average molecular weight is 286 g/mol. The molecule has 0 bridgehead atoms. The SMILES string of the molecule is CCCOC1=NN(Cc2ccccc2)C(=O)C12CCCC2. The van der Waals surface area contributed by atoms with Crippen molar-refractivity contribution in [3.05, 3.63) is 35.9 Å². The summed E-state index contributed by atoms with van der Waals surface area (Å²) in [5.41, 5.74) is 0.628. The zero-order chi connectivity index (χ0) is 14.7. The van der Waals surface area contributed by atoms with Gasteiger partial charge in [-0.1, -0.05) is 50.1 Å². The number of carbonyl (C=O) groups excluding carboxylic acids is 1. The van der Waals surface area contributed by atoms with E-state index in [1.54, 1.807) is 5.01 Å². The summed E-state index contributed by atoms with van der Waals surface area (Å²) in [5, 5.41) is 6.12. The third-order valence-corrected chi connectivity index (χ3v) is 4.34. The van der Waals surface area contributed by atoms with Gasteiger partial charge in [-0.2, -0.15) is 0 Å². The van der Waals surface area contributed by atoms with Crippen LogP contribution in [0.5, 0.6) is 0 Å². The second-order valence-electron chi connectivity index (χ2n) is 5.89. The molecule has 1 aromatic carbocycles. The van der Waals surface area contributed by atoms with Gasteiger partial charge in [0.2, 0.25) is 5.90 Å². The van der Waals surface area contributed by atoms with E-state index in [2.05, 4.69) is 12.0 Å². The van der Waals surface area contributed by atoms with E-state index in [4.69, 9.17) is 4.74 Å². The number of rotatable bonds is 4. The maximum absolute atomic E-state index is 12.8. The predicted molar refractivity (Wildman–Crippen MR) is 81.6 cm³/mol. The molecule has 1 saturated carbocycles. The summed E-state index contributed by atoms with van der Waals surface area (Å²) >= 11 is 0. The predicted octanol–water partition coefficient (Wildman–Crippen LogP) is 3.33. The minimum atomic E-state index is -0.468. The first-order valence-corrected chi connectivity index (χ1v) is 7.84. The number of hydrogen-bond donors (Lipinski definition) is 0. The van der Waals surface area contributed by atoms with Crippen molar-refractivity contribution >= 4 is 11.8 Å². The van der Waals surface area contributed by atoms with Gasteiger partial charge in [0.1, 0.15) is 5.41 Å². The lowest BCUT2D eigenvalue weighted by molar-refractivity contribution is -0.136. The minimum Gasteiger partial charge on any atom is -0.479 e. The number of ether oxygens (including phenoxy) is 1. The summed E-state index contributed by atoms with van der Waals surface area (Å²) in [4.78, 5) is 12.8. The molecule has 0 saturated heterocycles. The summed E-state index contributed by atoms with van der Waals surface area (Å²) in [6, 6.07) is 10.00. The van der Waals surface area contributed by atoms with Crippen LogP contribution in [0, 0.1) is 5.41 Å². The molecular weight excluding hydrogens is 264 g/mol. The Morgan fingerprint density at radius 2 is 1.95 bits per heavy atom. The van der Waals surface area contributed by atoms with Crippen molar-refractivity contribution in [3.63, 3.8) is 0 Å². The topological polar surface area (TPSA) is 41.9 Å². The van der Waals surface area contributed by atoms with Gasteiger partial charge in [0, 0.05) is 0 Å². The Labute approximate surface area is 125 Å². The highest BCUT2D eigenvalue weighted by atomic mass is 16.5. The van der Waals surface area contributed by atoms with E-state index >= 15 is 0 Å². The Morgan fingerprint density at radius 3 is 2.62 bits per heavy atom. The zero-order valence-electron chi connectivity index (χ0n) is 12.5. The summed E-state index contributed by atoms with van der Waals surface area (Å²) in [5.74, 6) is 0.776. The molecule has 3 rings (SSSR count). The summed E-state index contributed by atoms with van der Waals surface area (Å²) in [6.07, 6.45) is 4.85. The number of amides is 1. The van der Waals surface area contributed by atoms with Gasteiger partial charge < -0.3 is 4.74 Å². The van der Waals surface area contributed by atoms with E-state index in [1.165, 1.54) is 0 Å². The quantitative estimate of drug-likeness (QED) is 0.852. The van der Waals surface area contributed by atoms with Gasteiger partial charge in [-0.05, 0) is 24.8 Å². The molecule has 1 aliphatic heterocycles. The Kier molecular flexibility index (Phi) is 3.95. The first-order chi connectivity index (χ1) is 10.3. The van der Waals surface area contributed by atoms with Gasteiger partial charge in [-0.3, -0.25) is 4.79 Å². The van der Waals surface area contributed by atoms with Crippen molar-refractivity contribution in [2.75, 3.05) is 6.61 Å². The Balaban J connectivity index is 1.82. The maximum Gasteiger partial charge on any atom is 0.258 e. The molecule has 112 valence electrons. The largest absolute Gasteiger partial charge is 0.479 e. The minimum absolute atomic E-state index is 0.120. The van der Waals surface area contributed by atoms with Crippen molar-refractivity contribution in [2.24, 2.45) is 10.5 Å². The van der Waals surface area contributed by atoms with Crippen LogP contribution in [0.1, 0.15) is 44.6 Å². The fourth-order valence-corrected chi connectivity index (χ4v) is 3.22. The fraction of sp³-hybridized carbons (Fsp3) is 0.529. The summed E-state index contributed by atoms with van der Waals surface area (Å²) < 4.78 is 5.82. The van der Waals surface area contributed by atoms with Crippen molar-refractivity contribution in [1.82, 2.24) is 5.01 Å². The standard InChI is InChI=1S/C17H22N2O2/c1-2-12-21-15-17(10-6-7-11-17)16(20)19(18-15)13-14-8-4-3-5-9-14/h3-5,8-9H,2,6-7,10-13H2,1H3. The van der Waals surface area contributed by atoms with Gasteiger partial charge in [0.15, 0.2) is 0 Å². The van der Waals surface area contributed by atoms with E-state index in [0.29, 0.717) is 19.0 Å². The van der Waals surface area contributed by atoms with Gasteiger partial charge in [-0.15, -0.1) is 5.10 Å². The molecule has 1 aromatic rings. The molecule has 0 N–H and O–H groups in total. The molecule has 4 heteroatoms. The number of carbonyl (C=O) groups is 1. The fourth-order valence-electron chi connectivity index (χ4n) is 3.22. The molecule has 2 aliphatic rings. The lowest BCUT2D eigenvalue weighted by Crippen LogP contribution is -2.38. The van der Waals surface area contributed by atoms with E-state index in [0.717, 1.165) is 37.7 Å². The number of nitrogens with zero attached hydrogens (tertiary/aromatic N) is 2. The van der Waals surface area contributed by atoms with Gasteiger partial charge in [0.05, 0.1) is 13.2 Å². The highest BCUT2D eigenvalue weighted by Gasteiger charge is 2.54. The van der Waals surface area contributed by atoms with E-state index in [9.17, 15) is 4.79 Å². The van der Waals surface area contributed by atoms with Gasteiger partial charge >= 0.3 is 0 Å². The number of benzene rings is 1. The normalized spacial score (nSPS) is 20.1. The molecule has 21 heavy (non-hydrogen) atoms. The summed E-state index contributed by atoms with van der Waals surface area (Å²) in [6.45, 7) is 3.23. The van der Waals surface area contributed by atoms with E-state index < -0.39 is 5.41 Å². The van der Waals surface area contributed by atoms with Crippen LogP contribution in [-0.4, -0.2) is 23.4 Å². The van der Waals surface area contributed by atoms with Crippen LogP contribution >= 0.6 is 0 Å². The van der Waals surface area contributed by atoms with Crippen LogP contribution in [0.3, 0.4) is 0 Å². The van der Waals surface area contributed by atoms with Crippen molar-refractivity contribution in [3.8, 4) is 0 Å². The van der Waals surface area contributed by atoms with E-state index in [1.807, 2.05) is 30.3 Å². The van der Waals surface area contributed by atoms with Crippen molar-refractivity contribution in [1.29, 1.82) is 0 Å². The first kappa shape index (κ1) is 14.1. The third kappa shape index (κ3) is 2.55. The lowest BCUT2D eigenvalue weighted by atomic mass is 9.85. The van der Waals surface area contributed by atoms with Crippen LogP contribution < -0.4 is 0 Å². The maximum atomic E-state index is 12.8. The molecule has 1 fully saturated rings. The first-order valence-electron chi connectivity index (χ1n) is 7.84. The van der Waals surface area contributed by atoms with Crippen molar-refractivity contribution in [2.45, 2.75) is 45.6 Å². The van der Waals surface area contributed by atoms with Crippen LogP contribution in [0.25, 0.3) is 0 Å². The van der Waals surface area contributed by atoms with Crippen LogP contribution in [-0.2, 0) is 16.1 Å². The molecule has 4 nitrogen and oxygen atoms in total. The van der Waals surface area contributed by atoms with Crippen molar-refractivity contribution < 1.29 is 9.53 Å².